The second kappa shape index (κ2) is 12.6. The highest BCUT2D eigenvalue weighted by Crippen LogP contribution is 2.42. The quantitative estimate of drug-likeness (QED) is 0.172. The van der Waals surface area contributed by atoms with Crippen molar-refractivity contribution >= 4 is 71.6 Å². The van der Waals surface area contributed by atoms with Crippen molar-refractivity contribution < 1.29 is 4.42 Å². The number of furan rings is 1. The molecule has 55 heavy (non-hydrogen) atoms. The number of hydrogen-bond acceptors (Lipinski definition) is 2. The molecule has 11 aromatic rings. The third-order valence-corrected chi connectivity index (χ3v) is 11.0. The molecule has 11 rings (SSSR count). The standard InChI is InChI=1S/C52H34N2O/c1-3-12-35(13-4-1)36-22-26-40(27-23-36)53(42-30-31-46-45-18-8-10-21-51(45)55-52(46)33-42)41-28-24-37(25-29-41)43-19-11-14-38-32-50-48(34-47(38)43)44-17-7-9-20-49(44)54(50)39-15-5-2-6-16-39/h1-34H. The van der Waals surface area contributed by atoms with E-state index in [-0.39, 0.29) is 0 Å². The summed E-state index contributed by atoms with van der Waals surface area (Å²) >= 11 is 0. The van der Waals surface area contributed by atoms with Crippen molar-refractivity contribution in [2.24, 2.45) is 0 Å². The van der Waals surface area contributed by atoms with Gasteiger partial charge in [0.15, 0.2) is 0 Å². The van der Waals surface area contributed by atoms with Crippen LogP contribution in [-0.4, -0.2) is 4.57 Å². The first-order chi connectivity index (χ1) is 27.3. The highest BCUT2D eigenvalue weighted by molar-refractivity contribution is 6.15. The Hall–Kier alpha value is -7.36. The second-order valence-electron chi connectivity index (χ2n) is 14.2. The Kier molecular flexibility index (Phi) is 7.17. The van der Waals surface area contributed by atoms with Gasteiger partial charge in [0.05, 0.1) is 11.0 Å². The van der Waals surface area contributed by atoms with E-state index in [0.717, 1.165) is 39.0 Å². The lowest BCUT2D eigenvalue weighted by Gasteiger charge is -2.26. The molecule has 258 valence electrons. The maximum absolute atomic E-state index is 6.37. The minimum absolute atomic E-state index is 0.872. The van der Waals surface area contributed by atoms with E-state index in [4.69, 9.17) is 4.42 Å². The topological polar surface area (TPSA) is 21.3 Å². The van der Waals surface area contributed by atoms with Crippen LogP contribution in [0.25, 0.3) is 82.5 Å². The Morgan fingerprint density at radius 1 is 0.345 bits per heavy atom. The van der Waals surface area contributed by atoms with E-state index in [1.807, 2.05) is 12.1 Å². The fourth-order valence-corrected chi connectivity index (χ4v) is 8.37. The summed E-state index contributed by atoms with van der Waals surface area (Å²) in [6.07, 6.45) is 0. The van der Waals surface area contributed by atoms with Crippen LogP contribution in [0.3, 0.4) is 0 Å². The van der Waals surface area contributed by atoms with Crippen molar-refractivity contribution in [1.29, 1.82) is 0 Å². The number of nitrogens with zero attached hydrogens (tertiary/aromatic N) is 2. The van der Waals surface area contributed by atoms with E-state index in [9.17, 15) is 0 Å². The van der Waals surface area contributed by atoms with E-state index >= 15 is 0 Å². The number of anilines is 3. The Labute approximate surface area is 318 Å². The number of rotatable bonds is 6. The molecule has 2 heterocycles. The van der Waals surface area contributed by atoms with Crippen LogP contribution in [-0.2, 0) is 0 Å². The monoisotopic (exact) mass is 702 g/mol. The lowest BCUT2D eigenvalue weighted by Crippen LogP contribution is -2.09. The number of benzene rings is 9. The first-order valence-corrected chi connectivity index (χ1v) is 18.8. The van der Waals surface area contributed by atoms with Gasteiger partial charge in [0.25, 0.3) is 0 Å². The fourth-order valence-electron chi connectivity index (χ4n) is 8.37. The molecule has 2 aromatic heterocycles. The van der Waals surface area contributed by atoms with Crippen molar-refractivity contribution in [2.45, 2.75) is 0 Å². The van der Waals surface area contributed by atoms with Gasteiger partial charge in [0.2, 0.25) is 0 Å². The summed E-state index contributed by atoms with van der Waals surface area (Å²) in [6.45, 7) is 0. The molecule has 0 spiro atoms. The van der Waals surface area contributed by atoms with Crippen LogP contribution < -0.4 is 4.90 Å². The molecule has 0 saturated carbocycles. The van der Waals surface area contributed by atoms with Gasteiger partial charge in [0.1, 0.15) is 11.2 Å². The number of fused-ring (bicyclic) bond motifs is 7. The van der Waals surface area contributed by atoms with Gasteiger partial charge >= 0.3 is 0 Å². The molecule has 3 nitrogen and oxygen atoms in total. The molecule has 0 amide bonds. The molecule has 0 saturated heterocycles. The second-order valence-corrected chi connectivity index (χ2v) is 14.2. The van der Waals surface area contributed by atoms with Gasteiger partial charge in [0, 0.05) is 50.4 Å². The van der Waals surface area contributed by atoms with Crippen LogP contribution in [0, 0.1) is 0 Å². The van der Waals surface area contributed by atoms with E-state index in [1.54, 1.807) is 0 Å². The summed E-state index contributed by atoms with van der Waals surface area (Å²) < 4.78 is 8.75. The largest absolute Gasteiger partial charge is 0.456 e. The molecule has 0 aliphatic rings. The van der Waals surface area contributed by atoms with Gasteiger partial charge in [-0.25, -0.2) is 0 Å². The molecule has 0 aliphatic carbocycles. The average molecular weight is 703 g/mol. The van der Waals surface area contributed by atoms with Crippen LogP contribution in [0.4, 0.5) is 17.1 Å². The van der Waals surface area contributed by atoms with Crippen LogP contribution in [0.2, 0.25) is 0 Å². The van der Waals surface area contributed by atoms with Crippen LogP contribution in [0.15, 0.2) is 211 Å². The van der Waals surface area contributed by atoms with Crippen molar-refractivity contribution in [3.8, 4) is 27.9 Å². The van der Waals surface area contributed by atoms with Crippen molar-refractivity contribution in [2.75, 3.05) is 4.90 Å². The van der Waals surface area contributed by atoms with E-state index in [2.05, 4.69) is 204 Å². The molecule has 9 aromatic carbocycles. The molecule has 3 heteroatoms. The maximum atomic E-state index is 6.37. The zero-order chi connectivity index (χ0) is 36.3. The SMILES string of the molecule is c1ccc(-c2ccc(N(c3ccc(-c4cccc5cc6c(cc45)c4ccccc4n6-c4ccccc4)cc3)c3ccc4c(c3)oc3ccccc34)cc2)cc1. The molecule has 0 N–H and O–H groups in total. The molecule has 0 aliphatic heterocycles. The van der Waals surface area contributed by atoms with Crippen LogP contribution >= 0.6 is 0 Å². The summed E-state index contributed by atoms with van der Waals surface area (Å²) in [4.78, 5) is 2.32. The highest BCUT2D eigenvalue weighted by atomic mass is 16.3. The third kappa shape index (κ3) is 5.20. The number of para-hydroxylation sites is 3. The Bertz CT molecular complexity index is 3180. The first-order valence-electron chi connectivity index (χ1n) is 18.8. The van der Waals surface area contributed by atoms with Gasteiger partial charge in [-0.2, -0.15) is 0 Å². The van der Waals surface area contributed by atoms with Gasteiger partial charge in [-0.15, -0.1) is 0 Å². The lowest BCUT2D eigenvalue weighted by molar-refractivity contribution is 0.669. The van der Waals surface area contributed by atoms with Crippen molar-refractivity contribution in [3.05, 3.63) is 206 Å². The van der Waals surface area contributed by atoms with E-state index < -0.39 is 0 Å². The van der Waals surface area contributed by atoms with Gasteiger partial charge < -0.3 is 13.9 Å². The zero-order valence-corrected chi connectivity index (χ0v) is 29.9. The normalized spacial score (nSPS) is 11.6. The summed E-state index contributed by atoms with van der Waals surface area (Å²) in [5.74, 6) is 0. The summed E-state index contributed by atoms with van der Waals surface area (Å²) in [7, 11) is 0. The van der Waals surface area contributed by atoms with Crippen LogP contribution in [0.5, 0.6) is 0 Å². The minimum atomic E-state index is 0.872. The van der Waals surface area contributed by atoms with Gasteiger partial charge in [-0.3, -0.25) is 0 Å². The van der Waals surface area contributed by atoms with Gasteiger partial charge in [-0.1, -0.05) is 127 Å². The Morgan fingerprint density at radius 2 is 0.964 bits per heavy atom. The van der Waals surface area contributed by atoms with Crippen molar-refractivity contribution in [3.63, 3.8) is 0 Å². The molecule has 0 atom stereocenters. The van der Waals surface area contributed by atoms with Gasteiger partial charge in [-0.05, 0) is 106 Å². The smallest absolute Gasteiger partial charge is 0.137 e. The minimum Gasteiger partial charge on any atom is -0.456 e. The number of hydrogen-bond donors (Lipinski definition) is 0. The molecule has 0 fully saturated rings. The highest BCUT2D eigenvalue weighted by Gasteiger charge is 2.18. The summed E-state index contributed by atoms with van der Waals surface area (Å²) in [5, 5.41) is 7.21. The molecule has 0 bridgehead atoms. The number of aromatic nitrogens is 1. The Morgan fingerprint density at radius 3 is 1.75 bits per heavy atom. The predicted octanol–water partition coefficient (Wildman–Crippen LogP) is 14.6. The molecular weight excluding hydrogens is 669 g/mol. The Balaban J connectivity index is 1.03. The summed E-state index contributed by atoms with van der Waals surface area (Å²) in [5.41, 5.74) is 13.3. The first kappa shape index (κ1) is 31.2. The third-order valence-electron chi connectivity index (χ3n) is 11.0. The fraction of sp³-hybridized carbons (Fsp3) is 0. The average Bonchev–Trinajstić information content (AvgIpc) is 3.79. The zero-order valence-electron chi connectivity index (χ0n) is 29.9. The predicted molar refractivity (Wildman–Crippen MR) is 231 cm³/mol. The van der Waals surface area contributed by atoms with Crippen molar-refractivity contribution in [1.82, 2.24) is 4.57 Å². The van der Waals surface area contributed by atoms with E-state index in [0.29, 0.717) is 0 Å². The molecular formula is C52H34N2O. The maximum Gasteiger partial charge on any atom is 0.137 e. The lowest BCUT2D eigenvalue weighted by atomic mass is 9.96. The summed E-state index contributed by atoms with van der Waals surface area (Å²) in [6, 6.07) is 73.9. The van der Waals surface area contributed by atoms with E-state index in [1.165, 1.54) is 60.5 Å². The van der Waals surface area contributed by atoms with Crippen LogP contribution in [0.1, 0.15) is 0 Å². The molecule has 0 unspecified atom stereocenters. The molecule has 0 radical (unpaired) electrons.